The van der Waals surface area contributed by atoms with Crippen LogP contribution in [0.2, 0.25) is 0 Å². The van der Waals surface area contributed by atoms with Gasteiger partial charge in [0, 0.05) is 9.80 Å². The van der Waals surface area contributed by atoms with Crippen LogP contribution in [0, 0.1) is 11.3 Å². The number of carbonyl (C=O) groups is 1. The maximum absolute atomic E-state index is 11.5. The minimum atomic E-state index is -0.281. The number of alkyl halides is 1. The van der Waals surface area contributed by atoms with E-state index in [4.69, 9.17) is 10.00 Å². The minimum Gasteiger partial charge on any atom is -0.466 e. The van der Waals surface area contributed by atoms with E-state index < -0.39 is 0 Å². The highest BCUT2D eigenvalue weighted by atomic mass is 79.9. The maximum Gasteiger partial charge on any atom is 0.310 e. The molecule has 0 aromatic heterocycles. The molecule has 0 saturated carbocycles. The van der Waals surface area contributed by atoms with Crippen molar-refractivity contribution in [2.75, 3.05) is 6.61 Å². The standard InChI is InChI=1S/C12H11Br2NO2/c1-2-17-12(16)5-8-3-10(14)4-9(7-15)11(8)6-13/h3-4H,2,5-6H2,1H3. The molecular formula is C12H11Br2NO2. The second kappa shape index (κ2) is 6.77. The SMILES string of the molecule is CCOC(=O)Cc1cc(Br)cc(C#N)c1CBr. The topological polar surface area (TPSA) is 50.1 Å². The van der Waals surface area contributed by atoms with Gasteiger partial charge in [-0.1, -0.05) is 31.9 Å². The number of rotatable bonds is 4. The first-order valence-corrected chi connectivity index (χ1v) is 6.96. The van der Waals surface area contributed by atoms with Crippen LogP contribution in [0.3, 0.4) is 0 Å². The van der Waals surface area contributed by atoms with E-state index in [-0.39, 0.29) is 12.4 Å². The van der Waals surface area contributed by atoms with Crippen molar-refractivity contribution in [1.82, 2.24) is 0 Å². The molecule has 90 valence electrons. The highest BCUT2D eigenvalue weighted by molar-refractivity contribution is 9.10. The fourth-order valence-electron chi connectivity index (χ4n) is 1.48. The van der Waals surface area contributed by atoms with Crippen LogP contribution in [0.4, 0.5) is 0 Å². The van der Waals surface area contributed by atoms with Gasteiger partial charge in [0.15, 0.2) is 0 Å². The molecule has 5 heteroatoms. The molecule has 0 fully saturated rings. The van der Waals surface area contributed by atoms with Crippen LogP contribution in [-0.4, -0.2) is 12.6 Å². The van der Waals surface area contributed by atoms with Gasteiger partial charge in [-0.3, -0.25) is 4.79 Å². The van der Waals surface area contributed by atoms with Crippen LogP contribution in [0.1, 0.15) is 23.6 Å². The third-order valence-corrected chi connectivity index (χ3v) is 3.22. The average Bonchev–Trinajstić information content (AvgIpc) is 2.28. The first kappa shape index (κ1) is 14.2. The lowest BCUT2D eigenvalue weighted by atomic mass is 10.0. The number of benzene rings is 1. The smallest absolute Gasteiger partial charge is 0.310 e. The Morgan fingerprint density at radius 1 is 1.53 bits per heavy atom. The van der Waals surface area contributed by atoms with E-state index >= 15 is 0 Å². The molecule has 0 N–H and O–H groups in total. The summed E-state index contributed by atoms with van der Waals surface area (Å²) in [6.45, 7) is 2.13. The molecular weight excluding hydrogens is 350 g/mol. The lowest BCUT2D eigenvalue weighted by Crippen LogP contribution is -2.09. The van der Waals surface area contributed by atoms with Crippen LogP contribution in [0.15, 0.2) is 16.6 Å². The van der Waals surface area contributed by atoms with Crippen molar-refractivity contribution in [2.45, 2.75) is 18.7 Å². The number of esters is 1. The van der Waals surface area contributed by atoms with Crippen molar-refractivity contribution in [1.29, 1.82) is 5.26 Å². The van der Waals surface area contributed by atoms with Crippen molar-refractivity contribution >= 4 is 37.8 Å². The van der Waals surface area contributed by atoms with Crippen LogP contribution in [0.25, 0.3) is 0 Å². The molecule has 0 unspecified atom stereocenters. The monoisotopic (exact) mass is 359 g/mol. The number of hydrogen-bond donors (Lipinski definition) is 0. The Labute approximate surface area is 117 Å². The van der Waals surface area contributed by atoms with Crippen molar-refractivity contribution in [2.24, 2.45) is 0 Å². The molecule has 1 rings (SSSR count). The predicted octanol–water partition coefficient (Wildman–Crippen LogP) is 3.32. The number of ether oxygens (including phenoxy) is 1. The second-order valence-corrected chi connectivity index (χ2v) is 4.79. The molecule has 17 heavy (non-hydrogen) atoms. The molecule has 0 aliphatic rings. The molecule has 0 amide bonds. The second-order valence-electron chi connectivity index (χ2n) is 3.32. The minimum absolute atomic E-state index is 0.183. The summed E-state index contributed by atoms with van der Waals surface area (Å²) in [4.78, 5) is 11.5. The third-order valence-electron chi connectivity index (χ3n) is 2.20. The fraction of sp³-hybridized carbons (Fsp3) is 0.333. The molecule has 0 atom stereocenters. The van der Waals surface area contributed by atoms with E-state index in [1.165, 1.54) is 0 Å². The predicted molar refractivity (Wildman–Crippen MR) is 71.8 cm³/mol. The summed E-state index contributed by atoms with van der Waals surface area (Å²) in [6, 6.07) is 5.70. The Balaban J connectivity index is 3.10. The van der Waals surface area contributed by atoms with E-state index in [0.717, 1.165) is 15.6 Å². The summed E-state index contributed by atoms with van der Waals surface area (Å²) < 4.78 is 5.70. The van der Waals surface area contributed by atoms with Crippen molar-refractivity contribution < 1.29 is 9.53 Å². The Kier molecular flexibility index (Phi) is 5.66. The zero-order chi connectivity index (χ0) is 12.8. The Morgan fingerprint density at radius 2 is 2.24 bits per heavy atom. The molecule has 0 bridgehead atoms. The van der Waals surface area contributed by atoms with E-state index in [0.29, 0.717) is 17.5 Å². The molecule has 1 aromatic carbocycles. The van der Waals surface area contributed by atoms with Crippen LogP contribution in [-0.2, 0) is 21.3 Å². The van der Waals surface area contributed by atoms with Gasteiger partial charge in [-0.2, -0.15) is 5.26 Å². The highest BCUT2D eigenvalue weighted by Crippen LogP contribution is 2.24. The summed E-state index contributed by atoms with van der Waals surface area (Å²) in [6.07, 6.45) is 0.183. The van der Waals surface area contributed by atoms with Crippen LogP contribution in [0.5, 0.6) is 0 Å². The zero-order valence-corrected chi connectivity index (χ0v) is 12.5. The molecule has 3 nitrogen and oxygen atoms in total. The number of hydrogen-bond acceptors (Lipinski definition) is 3. The largest absolute Gasteiger partial charge is 0.466 e. The quantitative estimate of drug-likeness (QED) is 0.611. The van der Waals surface area contributed by atoms with E-state index in [2.05, 4.69) is 37.9 Å². The lowest BCUT2D eigenvalue weighted by Gasteiger charge is -2.09. The number of nitrogens with zero attached hydrogens (tertiary/aromatic N) is 1. The van der Waals surface area contributed by atoms with Gasteiger partial charge in [0.05, 0.1) is 24.7 Å². The van der Waals surface area contributed by atoms with Crippen LogP contribution < -0.4 is 0 Å². The van der Waals surface area contributed by atoms with Crippen molar-refractivity contribution in [3.8, 4) is 6.07 Å². The van der Waals surface area contributed by atoms with E-state index in [9.17, 15) is 4.79 Å². The summed E-state index contributed by atoms with van der Waals surface area (Å²) >= 11 is 6.66. The summed E-state index contributed by atoms with van der Waals surface area (Å²) in [7, 11) is 0. The normalized spacial score (nSPS) is 9.76. The third kappa shape index (κ3) is 3.83. The average molecular weight is 361 g/mol. The molecule has 0 spiro atoms. The summed E-state index contributed by atoms with van der Waals surface area (Å²) in [5, 5.41) is 9.57. The van der Waals surface area contributed by atoms with Gasteiger partial charge in [-0.25, -0.2) is 0 Å². The highest BCUT2D eigenvalue weighted by Gasteiger charge is 2.13. The van der Waals surface area contributed by atoms with Crippen molar-refractivity contribution in [3.63, 3.8) is 0 Å². The van der Waals surface area contributed by atoms with E-state index in [1.807, 2.05) is 6.07 Å². The Morgan fingerprint density at radius 3 is 2.76 bits per heavy atom. The molecule has 1 aromatic rings. The first-order valence-electron chi connectivity index (χ1n) is 5.05. The fourth-order valence-corrected chi connectivity index (χ4v) is 2.64. The van der Waals surface area contributed by atoms with Gasteiger partial charge in [-0.15, -0.1) is 0 Å². The van der Waals surface area contributed by atoms with Gasteiger partial charge >= 0.3 is 5.97 Å². The maximum atomic E-state index is 11.5. The van der Waals surface area contributed by atoms with Gasteiger partial charge in [0.25, 0.3) is 0 Å². The van der Waals surface area contributed by atoms with E-state index in [1.54, 1.807) is 13.0 Å². The van der Waals surface area contributed by atoms with Gasteiger partial charge in [0.1, 0.15) is 0 Å². The summed E-state index contributed by atoms with van der Waals surface area (Å²) in [5.41, 5.74) is 2.21. The first-order chi connectivity index (χ1) is 8.12. The van der Waals surface area contributed by atoms with Crippen LogP contribution >= 0.6 is 31.9 Å². The van der Waals surface area contributed by atoms with Crippen molar-refractivity contribution in [3.05, 3.63) is 33.3 Å². The molecule has 0 radical (unpaired) electrons. The zero-order valence-electron chi connectivity index (χ0n) is 9.30. The number of nitriles is 1. The summed E-state index contributed by atoms with van der Waals surface area (Å²) in [5.74, 6) is -0.281. The molecule has 0 aliphatic heterocycles. The number of halogens is 2. The van der Waals surface area contributed by atoms with Gasteiger partial charge < -0.3 is 4.74 Å². The molecule has 0 saturated heterocycles. The Hall–Kier alpha value is -0.860. The molecule has 0 aliphatic carbocycles. The number of carbonyl (C=O) groups excluding carboxylic acids is 1. The van der Waals surface area contributed by atoms with Gasteiger partial charge in [0.2, 0.25) is 0 Å². The Bertz CT molecular complexity index is 466. The lowest BCUT2D eigenvalue weighted by molar-refractivity contribution is -0.142. The van der Waals surface area contributed by atoms with Gasteiger partial charge in [-0.05, 0) is 30.2 Å². The molecule has 0 heterocycles.